The molecule has 0 saturated carbocycles. The van der Waals surface area contributed by atoms with E-state index in [0.29, 0.717) is 16.4 Å². The van der Waals surface area contributed by atoms with E-state index in [1.807, 2.05) is 0 Å². The molecule has 0 spiro atoms. The van der Waals surface area contributed by atoms with Gasteiger partial charge >= 0.3 is 11.9 Å². The first-order valence-electron chi connectivity index (χ1n) is 8.90. The van der Waals surface area contributed by atoms with Crippen LogP contribution in [0.3, 0.4) is 0 Å². The van der Waals surface area contributed by atoms with E-state index >= 15 is 0 Å². The molecule has 0 saturated heterocycles. The molecule has 1 N–H and O–H groups in total. The van der Waals surface area contributed by atoms with Crippen LogP contribution in [-0.2, 0) is 33.8 Å². The summed E-state index contributed by atoms with van der Waals surface area (Å²) in [4.78, 5) is 25.8. The highest BCUT2D eigenvalue weighted by molar-refractivity contribution is 7.92. The van der Waals surface area contributed by atoms with Crippen LogP contribution in [0.5, 0.6) is 0 Å². The highest BCUT2D eigenvalue weighted by atomic mass is 35.5. The quantitative estimate of drug-likeness (QED) is 0.646. The Labute approximate surface area is 184 Å². The molecule has 0 atom stereocenters. The van der Waals surface area contributed by atoms with Crippen LogP contribution in [0.15, 0.2) is 64.7 Å². The molecule has 11 heteroatoms. The molecule has 31 heavy (non-hydrogen) atoms. The summed E-state index contributed by atoms with van der Waals surface area (Å²) in [7, 11) is -1.50. The summed E-state index contributed by atoms with van der Waals surface area (Å²) in [5.74, 6) is -1.47. The minimum Gasteiger partial charge on any atom is -0.466 e. The summed E-state index contributed by atoms with van der Waals surface area (Å²) in [6.45, 7) is -0.165. The van der Waals surface area contributed by atoms with Crippen molar-refractivity contribution in [3.63, 3.8) is 0 Å². The Bertz CT molecular complexity index is 1130. The van der Waals surface area contributed by atoms with Crippen molar-refractivity contribution >= 4 is 44.9 Å². The largest absolute Gasteiger partial charge is 0.466 e. The first-order valence-corrected chi connectivity index (χ1v) is 10.8. The van der Waals surface area contributed by atoms with Gasteiger partial charge in [-0.05, 0) is 42.5 Å². The summed E-state index contributed by atoms with van der Waals surface area (Å²) in [5.41, 5.74) is 0.705. The number of hydrogen-bond donors (Lipinski definition) is 1. The lowest BCUT2D eigenvalue weighted by atomic mass is 10.1. The third-order valence-electron chi connectivity index (χ3n) is 4.37. The maximum absolute atomic E-state index is 12.7. The molecule has 1 aliphatic rings. The van der Waals surface area contributed by atoms with Gasteiger partial charge in [0.1, 0.15) is 12.4 Å². The SMILES string of the molecule is COC(=O)C1=C(C(=O)OC)N(c2ccc(S(=O)(=O)Nc3cccc(Cl)c3)cc2)COC1. The minimum atomic E-state index is -3.88. The average Bonchev–Trinajstić information content (AvgIpc) is 2.77. The Morgan fingerprint density at radius 3 is 2.35 bits per heavy atom. The van der Waals surface area contributed by atoms with Gasteiger partial charge < -0.3 is 19.1 Å². The molecule has 2 aromatic rings. The Morgan fingerprint density at radius 2 is 1.74 bits per heavy atom. The Hall–Kier alpha value is -3.08. The zero-order valence-electron chi connectivity index (χ0n) is 16.6. The highest BCUT2D eigenvalue weighted by Crippen LogP contribution is 2.28. The fraction of sp³-hybridized carbons (Fsp3) is 0.200. The average molecular weight is 467 g/mol. The molecule has 1 aliphatic heterocycles. The van der Waals surface area contributed by atoms with E-state index in [9.17, 15) is 18.0 Å². The number of benzene rings is 2. The van der Waals surface area contributed by atoms with Crippen LogP contribution in [0.1, 0.15) is 0 Å². The van der Waals surface area contributed by atoms with Gasteiger partial charge in [-0.1, -0.05) is 17.7 Å². The van der Waals surface area contributed by atoms with Crippen molar-refractivity contribution in [1.82, 2.24) is 0 Å². The van der Waals surface area contributed by atoms with Crippen LogP contribution < -0.4 is 9.62 Å². The number of carbonyl (C=O) groups excluding carboxylic acids is 2. The summed E-state index contributed by atoms with van der Waals surface area (Å²) < 4.78 is 42.7. The molecule has 2 aromatic carbocycles. The van der Waals surface area contributed by atoms with Crippen LogP contribution in [0, 0.1) is 0 Å². The van der Waals surface area contributed by atoms with Crippen LogP contribution >= 0.6 is 11.6 Å². The van der Waals surface area contributed by atoms with Gasteiger partial charge in [0.2, 0.25) is 0 Å². The van der Waals surface area contributed by atoms with Crippen molar-refractivity contribution < 1.29 is 32.2 Å². The highest BCUT2D eigenvalue weighted by Gasteiger charge is 2.32. The monoisotopic (exact) mass is 466 g/mol. The maximum Gasteiger partial charge on any atom is 0.355 e. The third-order valence-corrected chi connectivity index (χ3v) is 6.00. The number of rotatable bonds is 6. The van der Waals surface area contributed by atoms with E-state index in [4.69, 9.17) is 25.8 Å². The van der Waals surface area contributed by atoms with Crippen molar-refractivity contribution in [3.8, 4) is 0 Å². The summed E-state index contributed by atoms with van der Waals surface area (Å²) >= 11 is 5.89. The Balaban J connectivity index is 1.92. The second-order valence-corrected chi connectivity index (χ2v) is 8.44. The fourth-order valence-corrected chi connectivity index (χ4v) is 4.16. The molecule has 0 aliphatic carbocycles. The lowest BCUT2D eigenvalue weighted by Crippen LogP contribution is -2.38. The number of sulfonamides is 1. The zero-order valence-corrected chi connectivity index (χ0v) is 18.2. The zero-order chi connectivity index (χ0) is 22.6. The van der Waals surface area contributed by atoms with E-state index in [0.717, 1.165) is 0 Å². The van der Waals surface area contributed by atoms with Gasteiger partial charge in [0.05, 0.1) is 37.0 Å². The van der Waals surface area contributed by atoms with Crippen LogP contribution in [0.25, 0.3) is 0 Å². The van der Waals surface area contributed by atoms with Crippen molar-refractivity contribution in [2.45, 2.75) is 4.90 Å². The number of hydrogen-bond acceptors (Lipinski definition) is 8. The summed E-state index contributed by atoms with van der Waals surface area (Å²) in [5, 5.41) is 0.393. The third kappa shape index (κ3) is 4.98. The molecule has 0 radical (unpaired) electrons. The second kappa shape index (κ2) is 9.38. The number of carbonyl (C=O) groups is 2. The van der Waals surface area contributed by atoms with E-state index in [2.05, 4.69) is 4.72 Å². The van der Waals surface area contributed by atoms with E-state index < -0.39 is 22.0 Å². The number of esters is 2. The Morgan fingerprint density at radius 1 is 1.06 bits per heavy atom. The predicted molar refractivity (Wildman–Crippen MR) is 113 cm³/mol. The molecule has 0 aromatic heterocycles. The number of nitrogens with one attached hydrogen (secondary N) is 1. The molecular formula is C20H19ClN2O7S. The molecule has 0 unspecified atom stereocenters. The second-order valence-electron chi connectivity index (χ2n) is 6.33. The van der Waals surface area contributed by atoms with Gasteiger partial charge in [-0.3, -0.25) is 4.72 Å². The first-order chi connectivity index (χ1) is 14.8. The van der Waals surface area contributed by atoms with Gasteiger partial charge in [-0.15, -0.1) is 0 Å². The van der Waals surface area contributed by atoms with E-state index in [1.54, 1.807) is 18.2 Å². The normalized spacial score (nSPS) is 14.2. The molecule has 0 bridgehead atoms. The topological polar surface area (TPSA) is 111 Å². The van der Waals surface area contributed by atoms with Crippen molar-refractivity contribution in [2.24, 2.45) is 0 Å². The number of anilines is 2. The smallest absolute Gasteiger partial charge is 0.355 e. The van der Waals surface area contributed by atoms with Gasteiger partial charge in [0.15, 0.2) is 0 Å². The van der Waals surface area contributed by atoms with Crippen LogP contribution in [-0.4, -0.2) is 47.9 Å². The predicted octanol–water partition coefficient (Wildman–Crippen LogP) is 2.54. The van der Waals surface area contributed by atoms with E-state index in [1.165, 1.54) is 49.5 Å². The number of halogens is 1. The molecule has 0 fully saturated rings. The first kappa shape index (κ1) is 22.6. The lowest BCUT2D eigenvalue weighted by Gasteiger charge is -2.31. The van der Waals surface area contributed by atoms with Crippen molar-refractivity contribution in [3.05, 3.63) is 64.8 Å². The standard InChI is InChI=1S/C20H19ClN2O7S/c1-28-19(24)17-11-30-12-23(18(17)20(25)29-2)15-6-8-16(9-7-15)31(26,27)22-14-5-3-4-13(21)10-14/h3-10,22H,11-12H2,1-2H3. The van der Waals surface area contributed by atoms with Gasteiger partial charge in [0.25, 0.3) is 10.0 Å². The molecule has 1 heterocycles. The van der Waals surface area contributed by atoms with Crippen molar-refractivity contribution in [1.29, 1.82) is 0 Å². The minimum absolute atomic E-state index is 0.0000731. The number of ether oxygens (including phenoxy) is 3. The van der Waals surface area contributed by atoms with Gasteiger partial charge in [-0.25, -0.2) is 18.0 Å². The number of nitrogens with zero attached hydrogens (tertiary/aromatic N) is 1. The maximum atomic E-state index is 12.7. The summed E-state index contributed by atoms with van der Waals surface area (Å²) in [6, 6.07) is 12.0. The molecule has 3 rings (SSSR count). The molecule has 9 nitrogen and oxygen atoms in total. The number of methoxy groups -OCH3 is 2. The van der Waals surface area contributed by atoms with Gasteiger partial charge in [-0.2, -0.15) is 0 Å². The molecule has 164 valence electrons. The Kier molecular flexibility index (Phi) is 6.84. The fourth-order valence-electron chi connectivity index (χ4n) is 2.92. The lowest BCUT2D eigenvalue weighted by molar-refractivity contribution is -0.140. The molecule has 0 amide bonds. The van der Waals surface area contributed by atoms with Crippen LogP contribution in [0.2, 0.25) is 5.02 Å². The van der Waals surface area contributed by atoms with Gasteiger partial charge in [0, 0.05) is 10.7 Å². The van der Waals surface area contributed by atoms with Crippen molar-refractivity contribution in [2.75, 3.05) is 37.2 Å². The van der Waals surface area contributed by atoms with E-state index in [-0.39, 0.29) is 29.5 Å². The molecular weight excluding hydrogens is 448 g/mol. The van der Waals surface area contributed by atoms with Crippen LogP contribution in [0.4, 0.5) is 11.4 Å². The summed E-state index contributed by atoms with van der Waals surface area (Å²) in [6.07, 6.45) is 0.